The third-order valence-electron chi connectivity index (χ3n) is 3.57. The van der Waals surface area contributed by atoms with Crippen molar-refractivity contribution >= 4 is 21.7 Å². The minimum Gasteiger partial charge on any atom is -0.478 e. The molecule has 0 unspecified atom stereocenters. The second kappa shape index (κ2) is 6.60. The Balaban J connectivity index is 1.87. The van der Waals surface area contributed by atoms with Crippen molar-refractivity contribution < 1.29 is 22.7 Å². The summed E-state index contributed by atoms with van der Waals surface area (Å²) in [4.78, 5) is 10.6. The van der Waals surface area contributed by atoms with Crippen molar-refractivity contribution in [3.05, 3.63) is 71.8 Å². The Morgan fingerprint density at radius 2 is 1.88 bits per heavy atom. The molecule has 0 bridgehead atoms. The van der Waals surface area contributed by atoms with Gasteiger partial charge < -0.3 is 5.11 Å². The van der Waals surface area contributed by atoms with E-state index >= 15 is 0 Å². The van der Waals surface area contributed by atoms with Gasteiger partial charge in [0.1, 0.15) is 11.5 Å². The van der Waals surface area contributed by atoms with Crippen molar-refractivity contribution in [3.8, 4) is 5.69 Å². The number of carboxylic acids is 1. The summed E-state index contributed by atoms with van der Waals surface area (Å²) in [7, 11) is -4.03. The highest BCUT2D eigenvalue weighted by atomic mass is 32.2. The van der Waals surface area contributed by atoms with Gasteiger partial charge >= 0.3 is 5.97 Å². The van der Waals surface area contributed by atoms with Crippen LogP contribution in [0.25, 0.3) is 5.69 Å². The minimum atomic E-state index is -4.03. The average Bonchev–Trinajstić information content (AvgIpc) is 3.01. The first-order chi connectivity index (χ1) is 12.3. The fraction of sp³-hybridized carbons (Fsp3) is 0.0588. The number of nitrogens with one attached hydrogen (secondary N) is 1. The summed E-state index contributed by atoms with van der Waals surface area (Å²) in [6.45, 7) is 1.81. The number of halogens is 1. The first-order valence-corrected chi connectivity index (χ1v) is 8.92. The lowest BCUT2D eigenvalue weighted by molar-refractivity contribution is 0.0697. The van der Waals surface area contributed by atoms with E-state index in [0.717, 1.165) is 11.6 Å². The fourth-order valence-corrected chi connectivity index (χ4v) is 3.35. The molecule has 0 spiro atoms. The van der Waals surface area contributed by atoms with Crippen LogP contribution in [0.3, 0.4) is 0 Å². The molecule has 3 rings (SSSR count). The van der Waals surface area contributed by atoms with Gasteiger partial charge in [0.2, 0.25) is 0 Å². The van der Waals surface area contributed by atoms with E-state index < -0.39 is 21.8 Å². The minimum absolute atomic E-state index is 0.0258. The molecular weight excluding hydrogens is 361 g/mol. The number of benzene rings is 2. The molecule has 0 saturated carbocycles. The molecule has 0 aliphatic heterocycles. The number of hydrogen-bond acceptors (Lipinski definition) is 4. The summed E-state index contributed by atoms with van der Waals surface area (Å²) in [5, 5.41) is 12.8. The Morgan fingerprint density at radius 3 is 2.42 bits per heavy atom. The van der Waals surface area contributed by atoms with Crippen molar-refractivity contribution in [2.45, 2.75) is 11.8 Å². The average molecular weight is 375 g/mol. The highest BCUT2D eigenvalue weighted by molar-refractivity contribution is 7.92. The molecule has 7 nitrogen and oxygen atoms in total. The molecular formula is C17H14FN3O4S. The zero-order valence-corrected chi connectivity index (χ0v) is 14.4. The molecule has 0 saturated heterocycles. The van der Waals surface area contributed by atoms with E-state index in [0.29, 0.717) is 0 Å². The van der Waals surface area contributed by atoms with Crippen molar-refractivity contribution in [1.82, 2.24) is 9.78 Å². The van der Waals surface area contributed by atoms with Crippen LogP contribution in [0, 0.1) is 12.7 Å². The number of aromatic nitrogens is 2. The summed E-state index contributed by atoms with van der Waals surface area (Å²) in [6, 6.07) is 8.66. The number of sulfonamides is 1. The van der Waals surface area contributed by atoms with Gasteiger partial charge in [0.15, 0.2) is 0 Å². The van der Waals surface area contributed by atoms with Gasteiger partial charge in [0.25, 0.3) is 10.0 Å². The van der Waals surface area contributed by atoms with Crippen LogP contribution in [-0.4, -0.2) is 29.3 Å². The van der Waals surface area contributed by atoms with Gasteiger partial charge in [-0.1, -0.05) is 0 Å². The zero-order chi connectivity index (χ0) is 18.9. The van der Waals surface area contributed by atoms with Crippen LogP contribution in [0.1, 0.15) is 15.9 Å². The Morgan fingerprint density at radius 1 is 1.19 bits per heavy atom. The summed E-state index contributed by atoms with van der Waals surface area (Å²) >= 11 is 0. The van der Waals surface area contributed by atoms with Crippen molar-refractivity contribution in [2.75, 3.05) is 4.72 Å². The van der Waals surface area contributed by atoms with E-state index in [1.807, 2.05) is 0 Å². The topological polar surface area (TPSA) is 101 Å². The second-order valence-corrected chi connectivity index (χ2v) is 7.25. The highest BCUT2D eigenvalue weighted by Gasteiger charge is 2.17. The third-order valence-corrected chi connectivity index (χ3v) is 4.95. The van der Waals surface area contributed by atoms with E-state index in [-0.39, 0.29) is 21.8 Å². The molecule has 0 radical (unpaired) electrons. The van der Waals surface area contributed by atoms with Crippen molar-refractivity contribution in [1.29, 1.82) is 0 Å². The Bertz CT molecular complexity index is 1080. The van der Waals surface area contributed by atoms with Gasteiger partial charge in [-0.25, -0.2) is 22.3 Å². The number of aromatic carboxylic acids is 1. The number of carboxylic acid groups (broad SMARTS) is 1. The molecule has 0 aliphatic carbocycles. The summed E-state index contributed by atoms with van der Waals surface area (Å²) in [6.07, 6.45) is 3.18. The molecule has 134 valence electrons. The lowest BCUT2D eigenvalue weighted by Crippen LogP contribution is -2.14. The maximum atomic E-state index is 14.3. The van der Waals surface area contributed by atoms with Crippen molar-refractivity contribution in [2.24, 2.45) is 0 Å². The third kappa shape index (κ3) is 3.57. The molecule has 0 fully saturated rings. The van der Waals surface area contributed by atoms with Gasteiger partial charge in [0, 0.05) is 11.9 Å². The normalized spacial score (nSPS) is 11.3. The molecule has 1 heterocycles. The number of anilines is 1. The quantitative estimate of drug-likeness (QED) is 0.714. The van der Waals surface area contributed by atoms with Crippen molar-refractivity contribution in [3.63, 3.8) is 0 Å². The first kappa shape index (κ1) is 17.6. The number of hydrogen-bond donors (Lipinski definition) is 2. The fourth-order valence-electron chi connectivity index (χ4n) is 2.28. The van der Waals surface area contributed by atoms with Crippen LogP contribution in [0.2, 0.25) is 0 Å². The van der Waals surface area contributed by atoms with Gasteiger partial charge in [-0.05, 0) is 55.0 Å². The molecule has 0 aliphatic rings. The van der Waals surface area contributed by atoms with Gasteiger partial charge in [-0.15, -0.1) is 0 Å². The van der Waals surface area contributed by atoms with E-state index in [4.69, 9.17) is 5.11 Å². The molecule has 0 atom stereocenters. The Hall–Kier alpha value is -3.20. The summed E-state index contributed by atoms with van der Waals surface area (Å²) in [5.41, 5.74) is 1.16. The Kier molecular flexibility index (Phi) is 4.47. The van der Waals surface area contributed by atoms with Crippen LogP contribution < -0.4 is 4.72 Å². The van der Waals surface area contributed by atoms with Gasteiger partial charge in [0.05, 0.1) is 16.7 Å². The number of nitrogens with zero attached hydrogens (tertiary/aromatic N) is 2. The lowest BCUT2D eigenvalue weighted by Gasteiger charge is -2.10. The SMILES string of the molecule is Cc1cnn(-c2ccc(S(=O)(=O)Nc3ccc(C(=O)O)cc3)cc2F)c1. The van der Waals surface area contributed by atoms with Crippen LogP contribution >= 0.6 is 0 Å². The predicted octanol–water partition coefficient (Wildman–Crippen LogP) is 2.82. The Labute approximate surface area is 148 Å². The molecule has 3 aromatic rings. The predicted molar refractivity (Wildman–Crippen MR) is 92.5 cm³/mol. The molecule has 0 amide bonds. The highest BCUT2D eigenvalue weighted by Crippen LogP contribution is 2.21. The number of rotatable bonds is 5. The van der Waals surface area contributed by atoms with Gasteiger partial charge in [-0.2, -0.15) is 5.10 Å². The van der Waals surface area contributed by atoms with Crippen LogP contribution in [0.15, 0.2) is 59.8 Å². The summed E-state index contributed by atoms with van der Waals surface area (Å²) in [5.74, 6) is -1.86. The van der Waals surface area contributed by atoms with Crippen LogP contribution in [-0.2, 0) is 10.0 Å². The van der Waals surface area contributed by atoms with E-state index in [1.165, 1.54) is 41.1 Å². The van der Waals surface area contributed by atoms with Crippen LogP contribution in [0.4, 0.5) is 10.1 Å². The summed E-state index contributed by atoms with van der Waals surface area (Å²) < 4.78 is 42.8. The van der Waals surface area contributed by atoms with E-state index in [2.05, 4.69) is 9.82 Å². The van der Waals surface area contributed by atoms with Gasteiger partial charge in [-0.3, -0.25) is 4.72 Å². The molecule has 1 aromatic heterocycles. The first-order valence-electron chi connectivity index (χ1n) is 7.44. The van der Waals surface area contributed by atoms with Crippen LogP contribution in [0.5, 0.6) is 0 Å². The van der Waals surface area contributed by atoms with E-state index in [1.54, 1.807) is 19.3 Å². The molecule has 2 aromatic carbocycles. The zero-order valence-electron chi connectivity index (χ0n) is 13.5. The van der Waals surface area contributed by atoms with E-state index in [9.17, 15) is 17.6 Å². The monoisotopic (exact) mass is 375 g/mol. The largest absolute Gasteiger partial charge is 0.478 e. The molecule has 2 N–H and O–H groups in total. The molecule has 26 heavy (non-hydrogen) atoms. The maximum absolute atomic E-state index is 14.3. The number of aryl methyl sites for hydroxylation is 1. The number of carbonyl (C=O) groups is 1. The lowest BCUT2D eigenvalue weighted by atomic mass is 10.2. The smallest absolute Gasteiger partial charge is 0.335 e. The second-order valence-electron chi connectivity index (χ2n) is 5.56. The standard InChI is InChI=1S/C17H14FN3O4S/c1-11-9-19-21(10-11)16-7-6-14(8-15(16)18)26(24,25)20-13-4-2-12(3-5-13)17(22)23/h2-10,20H,1H3,(H,22,23). The maximum Gasteiger partial charge on any atom is 0.335 e. The molecule has 9 heteroatoms.